The second-order valence-corrected chi connectivity index (χ2v) is 9.11. The third kappa shape index (κ3) is 5.10. The molecule has 146 valence electrons. The molecule has 0 amide bonds. The first-order valence-corrected chi connectivity index (χ1v) is 10.1. The Labute approximate surface area is 161 Å². The van der Waals surface area contributed by atoms with Crippen LogP contribution in [-0.4, -0.2) is 21.5 Å². The summed E-state index contributed by atoms with van der Waals surface area (Å²) in [6.07, 6.45) is 0.121. The molecule has 0 saturated carbocycles. The van der Waals surface area contributed by atoms with Gasteiger partial charge in [0.05, 0.1) is 13.5 Å². The van der Waals surface area contributed by atoms with Crippen LogP contribution in [0, 0.1) is 13.8 Å². The molecule has 0 spiro atoms. The van der Waals surface area contributed by atoms with E-state index in [2.05, 4.69) is 25.5 Å². The Morgan fingerprint density at radius 1 is 1.00 bits per heavy atom. The number of carbonyl (C=O) groups excluding carboxylic acids is 1. The van der Waals surface area contributed by atoms with E-state index in [-0.39, 0.29) is 28.5 Å². The van der Waals surface area contributed by atoms with E-state index in [1.165, 1.54) is 19.2 Å². The number of methoxy groups -OCH3 is 1. The Balaban J connectivity index is 2.30. The van der Waals surface area contributed by atoms with Crippen LogP contribution in [0.3, 0.4) is 0 Å². The maximum Gasteiger partial charge on any atom is 0.339 e. The summed E-state index contributed by atoms with van der Waals surface area (Å²) in [6, 6.07) is 10.1. The van der Waals surface area contributed by atoms with Crippen molar-refractivity contribution in [1.29, 1.82) is 0 Å². The Morgan fingerprint density at radius 3 is 1.96 bits per heavy atom. The lowest BCUT2D eigenvalue weighted by atomic mass is 9.85. The fourth-order valence-corrected chi connectivity index (χ4v) is 4.20. The van der Waals surface area contributed by atoms with Gasteiger partial charge in [-0.15, -0.1) is 0 Å². The first-order valence-electron chi connectivity index (χ1n) is 8.66. The van der Waals surface area contributed by atoms with Crippen LogP contribution in [0.15, 0.2) is 41.3 Å². The predicted octanol–water partition coefficient (Wildman–Crippen LogP) is 4.08. The molecule has 0 aliphatic heterocycles. The molecule has 0 radical (unpaired) electrons. The second kappa shape index (κ2) is 7.72. The topological polar surface area (TPSA) is 69.7 Å². The molecule has 0 bridgehead atoms. The van der Waals surface area contributed by atoms with Crippen LogP contribution in [0.1, 0.15) is 43.0 Å². The molecule has 0 saturated heterocycles. The average molecular weight is 391 g/mol. The summed E-state index contributed by atoms with van der Waals surface area (Å²) in [4.78, 5) is 11.5. The minimum atomic E-state index is -3.97. The standard InChI is InChI=1S/C21H26O5S/c1-14-11-17(21(3,4)5)12-15(2)20(14)27(23,24)26-18-9-7-16(8-10-18)13-19(22)25-6/h7-12H,13H2,1-6H3. The molecule has 0 N–H and O–H groups in total. The third-order valence-corrected chi connectivity index (χ3v) is 5.84. The third-order valence-electron chi connectivity index (χ3n) is 4.28. The largest absolute Gasteiger partial charge is 0.469 e. The molecule has 6 heteroatoms. The summed E-state index contributed by atoms with van der Waals surface area (Å²) >= 11 is 0. The van der Waals surface area contributed by atoms with Gasteiger partial charge < -0.3 is 8.92 Å². The molecule has 0 aliphatic carbocycles. The lowest BCUT2D eigenvalue weighted by Gasteiger charge is -2.22. The summed E-state index contributed by atoms with van der Waals surface area (Å²) in [6.45, 7) is 9.81. The van der Waals surface area contributed by atoms with Crippen LogP contribution in [0.5, 0.6) is 5.75 Å². The quantitative estimate of drug-likeness (QED) is 0.568. The van der Waals surface area contributed by atoms with Gasteiger partial charge in [0.2, 0.25) is 0 Å². The predicted molar refractivity (Wildman–Crippen MR) is 105 cm³/mol. The van der Waals surface area contributed by atoms with Crippen molar-refractivity contribution in [2.45, 2.75) is 51.3 Å². The highest BCUT2D eigenvalue weighted by atomic mass is 32.2. The van der Waals surface area contributed by atoms with E-state index >= 15 is 0 Å². The van der Waals surface area contributed by atoms with Crippen LogP contribution >= 0.6 is 0 Å². The molecular weight excluding hydrogens is 364 g/mol. The van der Waals surface area contributed by atoms with Gasteiger partial charge in [-0.2, -0.15) is 8.42 Å². The molecule has 0 aliphatic rings. The molecule has 0 aromatic heterocycles. The smallest absolute Gasteiger partial charge is 0.339 e. The molecule has 0 fully saturated rings. The number of benzene rings is 2. The van der Waals surface area contributed by atoms with Gasteiger partial charge in [-0.1, -0.05) is 45.0 Å². The summed E-state index contributed by atoms with van der Waals surface area (Å²) in [5.74, 6) is -0.163. The van der Waals surface area contributed by atoms with Crippen molar-refractivity contribution in [2.24, 2.45) is 0 Å². The van der Waals surface area contributed by atoms with Gasteiger partial charge in [0, 0.05) is 0 Å². The van der Waals surface area contributed by atoms with E-state index in [4.69, 9.17) is 4.18 Å². The molecular formula is C21H26O5S. The van der Waals surface area contributed by atoms with Crippen molar-refractivity contribution in [3.63, 3.8) is 0 Å². The van der Waals surface area contributed by atoms with E-state index < -0.39 is 10.1 Å². The van der Waals surface area contributed by atoms with E-state index in [1.54, 1.807) is 26.0 Å². The first kappa shape index (κ1) is 21.0. The van der Waals surface area contributed by atoms with Gasteiger partial charge in [-0.05, 0) is 53.6 Å². The molecule has 0 heterocycles. The van der Waals surface area contributed by atoms with Crippen LogP contribution in [0.25, 0.3) is 0 Å². The van der Waals surface area contributed by atoms with Gasteiger partial charge >= 0.3 is 16.1 Å². The summed E-state index contributed by atoms with van der Waals surface area (Å²) in [5, 5.41) is 0. The SMILES string of the molecule is COC(=O)Cc1ccc(OS(=O)(=O)c2c(C)cc(C(C)(C)C)cc2C)cc1. The molecule has 27 heavy (non-hydrogen) atoms. The van der Waals surface area contributed by atoms with Crippen molar-refractivity contribution >= 4 is 16.1 Å². The molecule has 2 aromatic rings. The zero-order valence-corrected chi connectivity index (χ0v) is 17.4. The monoisotopic (exact) mass is 390 g/mol. The van der Waals surface area contributed by atoms with Gasteiger partial charge in [0.1, 0.15) is 10.6 Å². The van der Waals surface area contributed by atoms with Crippen molar-refractivity contribution in [2.75, 3.05) is 7.11 Å². The van der Waals surface area contributed by atoms with Crippen molar-refractivity contribution in [3.8, 4) is 5.75 Å². The fourth-order valence-electron chi connectivity index (χ4n) is 2.85. The van der Waals surface area contributed by atoms with Crippen LogP contribution < -0.4 is 4.18 Å². The molecule has 5 nitrogen and oxygen atoms in total. The van der Waals surface area contributed by atoms with E-state index in [1.807, 2.05) is 12.1 Å². The zero-order chi connectivity index (χ0) is 20.4. The Kier molecular flexibility index (Phi) is 6.00. The van der Waals surface area contributed by atoms with Gasteiger partial charge in [0.25, 0.3) is 0 Å². The summed E-state index contributed by atoms with van der Waals surface area (Å²) < 4.78 is 35.6. The number of aryl methyl sites for hydroxylation is 2. The molecule has 2 rings (SSSR count). The Morgan fingerprint density at radius 2 is 1.52 bits per heavy atom. The minimum Gasteiger partial charge on any atom is -0.469 e. The van der Waals surface area contributed by atoms with Crippen LogP contribution in [0.2, 0.25) is 0 Å². The number of carbonyl (C=O) groups is 1. The molecule has 0 atom stereocenters. The highest BCUT2D eigenvalue weighted by Gasteiger charge is 2.25. The average Bonchev–Trinajstić information content (AvgIpc) is 2.54. The second-order valence-electron chi connectivity index (χ2n) is 7.62. The molecule has 0 unspecified atom stereocenters. The summed E-state index contributed by atoms with van der Waals surface area (Å²) in [5.41, 5.74) is 3.02. The highest BCUT2D eigenvalue weighted by Crippen LogP contribution is 2.30. The van der Waals surface area contributed by atoms with E-state index in [0.29, 0.717) is 16.7 Å². The molecule has 2 aromatic carbocycles. The van der Waals surface area contributed by atoms with Crippen molar-refractivity contribution < 1.29 is 22.1 Å². The van der Waals surface area contributed by atoms with Crippen LogP contribution in [0.4, 0.5) is 0 Å². The number of esters is 1. The number of hydrogen-bond acceptors (Lipinski definition) is 5. The minimum absolute atomic E-state index is 0.0753. The Hall–Kier alpha value is -2.34. The Bertz CT molecular complexity index is 913. The van der Waals surface area contributed by atoms with Gasteiger partial charge in [-0.3, -0.25) is 4.79 Å². The fraction of sp³-hybridized carbons (Fsp3) is 0.381. The summed E-state index contributed by atoms with van der Waals surface area (Å²) in [7, 11) is -2.65. The van der Waals surface area contributed by atoms with E-state index in [0.717, 1.165) is 5.56 Å². The zero-order valence-electron chi connectivity index (χ0n) is 16.6. The lowest BCUT2D eigenvalue weighted by molar-refractivity contribution is -0.139. The number of ether oxygens (including phenoxy) is 1. The normalized spacial score (nSPS) is 11.9. The maximum absolute atomic E-state index is 12.8. The highest BCUT2D eigenvalue weighted by molar-refractivity contribution is 7.87. The van der Waals surface area contributed by atoms with Crippen LogP contribution in [-0.2, 0) is 31.5 Å². The van der Waals surface area contributed by atoms with Gasteiger partial charge in [-0.25, -0.2) is 0 Å². The maximum atomic E-state index is 12.8. The van der Waals surface area contributed by atoms with E-state index in [9.17, 15) is 13.2 Å². The number of hydrogen-bond donors (Lipinski definition) is 0. The van der Waals surface area contributed by atoms with Crippen molar-refractivity contribution in [3.05, 3.63) is 58.7 Å². The lowest BCUT2D eigenvalue weighted by Crippen LogP contribution is -2.16. The number of rotatable bonds is 5. The van der Waals surface area contributed by atoms with Crippen molar-refractivity contribution in [1.82, 2.24) is 0 Å². The van der Waals surface area contributed by atoms with Gasteiger partial charge in [0.15, 0.2) is 0 Å². The first-order chi connectivity index (χ1) is 12.4.